The lowest BCUT2D eigenvalue weighted by Gasteiger charge is -2.18. The van der Waals surface area contributed by atoms with Crippen LogP contribution in [0.1, 0.15) is 33.4 Å². The first-order valence-electron chi connectivity index (χ1n) is 4.24. The van der Waals surface area contributed by atoms with Crippen LogP contribution in [0, 0.1) is 0 Å². The quantitative estimate of drug-likeness (QED) is 0.689. The molecule has 1 aliphatic heterocycles. The van der Waals surface area contributed by atoms with Gasteiger partial charge in [0.25, 0.3) is 5.91 Å². The zero-order valence-corrected chi connectivity index (χ0v) is 7.53. The summed E-state index contributed by atoms with van der Waals surface area (Å²) in [6.45, 7) is 1.84. The van der Waals surface area contributed by atoms with Crippen molar-refractivity contribution in [1.82, 2.24) is 5.32 Å². The standard InChI is InChI=1S/C9H9NO4/c1-4-2-6-7(8(11)10-4)5(3-14-6)9(12)13/h3-4H,2H2,1H3,(H,10,11)(H,12,13)/t4-/m1/s1. The Hall–Kier alpha value is -1.78. The van der Waals surface area contributed by atoms with E-state index < -0.39 is 5.97 Å². The first-order chi connectivity index (χ1) is 6.59. The van der Waals surface area contributed by atoms with Gasteiger partial charge in [0.1, 0.15) is 17.6 Å². The first kappa shape index (κ1) is 8.80. The molecule has 0 radical (unpaired) electrons. The Balaban J connectivity index is 2.52. The number of aromatic carboxylic acids is 1. The van der Waals surface area contributed by atoms with Gasteiger partial charge in [-0.25, -0.2) is 4.79 Å². The second-order valence-corrected chi connectivity index (χ2v) is 3.33. The molecule has 0 bridgehead atoms. The lowest BCUT2D eigenvalue weighted by Crippen LogP contribution is -2.39. The molecular weight excluding hydrogens is 186 g/mol. The fraction of sp³-hybridized carbons (Fsp3) is 0.333. The molecule has 14 heavy (non-hydrogen) atoms. The fourth-order valence-electron chi connectivity index (χ4n) is 1.58. The van der Waals surface area contributed by atoms with Gasteiger partial charge in [0.2, 0.25) is 0 Å². The van der Waals surface area contributed by atoms with Crippen molar-refractivity contribution in [2.45, 2.75) is 19.4 Å². The molecule has 0 aromatic carbocycles. The van der Waals surface area contributed by atoms with Gasteiger partial charge in [-0.3, -0.25) is 4.79 Å². The van der Waals surface area contributed by atoms with Gasteiger partial charge in [-0.15, -0.1) is 0 Å². The molecule has 0 saturated heterocycles. The maximum absolute atomic E-state index is 11.4. The Bertz CT molecular complexity index is 407. The van der Waals surface area contributed by atoms with Crippen LogP contribution in [0.25, 0.3) is 0 Å². The van der Waals surface area contributed by atoms with E-state index in [9.17, 15) is 9.59 Å². The molecule has 1 amide bonds. The van der Waals surface area contributed by atoms with Gasteiger partial charge in [0.05, 0.1) is 5.56 Å². The van der Waals surface area contributed by atoms with Crippen molar-refractivity contribution in [3.63, 3.8) is 0 Å². The predicted octanol–water partition coefficient (Wildman–Crippen LogP) is 0.652. The minimum absolute atomic E-state index is 0.0113. The molecular formula is C9H9NO4. The summed E-state index contributed by atoms with van der Waals surface area (Å²) in [6, 6.07) is -0.0113. The molecule has 1 aromatic rings. The highest BCUT2D eigenvalue weighted by atomic mass is 16.4. The molecule has 0 fully saturated rings. The first-order valence-corrected chi connectivity index (χ1v) is 4.24. The van der Waals surface area contributed by atoms with Crippen LogP contribution in [0.2, 0.25) is 0 Å². The third-order valence-corrected chi connectivity index (χ3v) is 2.19. The molecule has 2 heterocycles. The number of carbonyl (C=O) groups is 2. The zero-order valence-electron chi connectivity index (χ0n) is 7.53. The number of hydrogen-bond donors (Lipinski definition) is 2. The summed E-state index contributed by atoms with van der Waals surface area (Å²) in [7, 11) is 0. The Labute approximate surface area is 79.7 Å². The molecule has 1 aliphatic rings. The number of amides is 1. The van der Waals surface area contributed by atoms with E-state index in [1.54, 1.807) is 0 Å². The van der Waals surface area contributed by atoms with Crippen LogP contribution in [0.3, 0.4) is 0 Å². The van der Waals surface area contributed by atoms with Crippen LogP contribution >= 0.6 is 0 Å². The summed E-state index contributed by atoms with van der Waals surface area (Å²) in [4.78, 5) is 22.2. The predicted molar refractivity (Wildman–Crippen MR) is 46.3 cm³/mol. The van der Waals surface area contributed by atoms with Gasteiger partial charge < -0.3 is 14.8 Å². The maximum atomic E-state index is 11.4. The molecule has 5 heteroatoms. The van der Waals surface area contributed by atoms with Crippen LogP contribution in [-0.2, 0) is 6.42 Å². The van der Waals surface area contributed by atoms with E-state index in [1.807, 2.05) is 6.92 Å². The van der Waals surface area contributed by atoms with Gasteiger partial charge in [0.15, 0.2) is 0 Å². The molecule has 0 aliphatic carbocycles. The van der Waals surface area contributed by atoms with Gasteiger partial charge >= 0.3 is 5.97 Å². The average Bonchev–Trinajstić information content (AvgIpc) is 2.47. The molecule has 5 nitrogen and oxygen atoms in total. The topological polar surface area (TPSA) is 79.5 Å². The highest BCUT2D eigenvalue weighted by Crippen LogP contribution is 2.22. The minimum atomic E-state index is -1.14. The van der Waals surface area contributed by atoms with E-state index in [4.69, 9.17) is 9.52 Å². The summed E-state index contributed by atoms with van der Waals surface area (Å²) >= 11 is 0. The lowest BCUT2D eigenvalue weighted by molar-refractivity contribution is 0.0690. The van der Waals surface area contributed by atoms with Gasteiger partial charge in [-0.1, -0.05) is 0 Å². The number of nitrogens with one attached hydrogen (secondary N) is 1. The third-order valence-electron chi connectivity index (χ3n) is 2.19. The average molecular weight is 195 g/mol. The van der Waals surface area contributed by atoms with Gasteiger partial charge in [0, 0.05) is 12.5 Å². The number of furan rings is 1. The number of hydrogen-bond acceptors (Lipinski definition) is 3. The number of carbonyl (C=O) groups excluding carboxylic acids is 1. The molecule has 2 rings (SSSR count). The minimum Gasteiger partial charge on any atom is -0.478 e. The largest absolute Gasteiger partial charge is 0.478 e. The van der Waals surface area contributed by atoms with Crippen LogP contribution in [-0.4, -0.2) is 23.0 Å². The van der Waals surface area contributed by atoms with Crippen molar-refractivity contribution in [3.05, 3.63) is 23.2 Å². The summed E-state index contributed by atoms with van der Waals surface area (Å²) in [5, 5.41) is 11.4. The second kappa shape index (κ2) is 2.87. The normalized spacial score (nSPS) is 20.1. The van der Waals surface area contributed by atoms with Crippen molar-refractivity contribution in [3.8, 4) is 0 Å². The third kappa shape index (κ3) is 1.17. The molecule has 0 spiro atoms. The molecule has 1 atom stereocenters. The highest BCUT2D eigenvalue weighted by Gasteiger charge is 2.30. The highest BCUT2D eigenvalue weighted by molar-refractivity contribution is 6.06. The van der Waals surface area contributed by atoms with Crippen molar-refractivity contribution in [2.75, 3.05) is 0 Å². The second-order valence-electron chi connectivity index (χ2n) is 3.33. The van der Waals surface area contributed by atoms with E-state index in [0.29, 0.717) is 12.2 Å². The number of carboxylic acids is 1. The van der Waals surface area contributed by atoms with Gasteiger partial charge in [-0.05, 0) is 6.92 Å². The molecule has 2 N–H and O–H groups in total. The van der Waals surface area contributed by atoms with Crippen molar-refractivity contribution >= 4 is 11.9 Å². The number of rotatable bonds is 1. The van der Waals surface area contributed by atoms with Crippen molar-refractivity contribution in [1.29, 1.82) is 0 Å². The lowest BCUT2D eigenvalue weighted by atomic mass is 10.0. The molecule has 0 unspecified atom stereocenters. The Morgan fingerprint density at radius 1 is 1.71 bits per heavy atom. The maximum Gasteiger partial charge on any atom is 0.339 e. The zero-order chi connectivity index (χ0) is 10.3. The Morgan fingerprint density at radius 2 is 2.43 bits per heavy atom. The fourth-order valence-corrected chi connectivity index (χ4v) is 1.58. The smallest absolute Gasteiger partial charge is 0.339 e. The van der Waals surface area contributed by atoms with E-state index >= 15 is 0 Å². The van der Waals surface area contributed by atoms with Crippen molar-refractivity contribution in [2.24, 2.45) is 0 Å². The Morgan fingerprint density at radius 3 is 3.07 bits per heavy atom. The molecule has 74 valence electrons. The number of fused-ring (bicyclic) bond motifs is 1. The Kier molecular flexibility index (Phi) is 1.80. The molecule has 1 aromatic heterocycles. The summed E-state index contributed by atoms with van der Waals surface area (Å²) in [6.07, 6.45) is 1.65. The molecule has 0 saturated carbocycles. The summed E-state index contributed by atoms with van der Waals surface area (Å²) in [5.74, 6) is -1.05. The number of carboxylic acid groups (broad SMARTS) is 1. The van der Waals surface area contributed by atoms with Crippen LogP contribution < -0.4 is 5.32 Å². The van der Waals surface area contributed by atoms with E-state index in [1.165, 1.54) is 0 Å². The summed E-state index contributed by atoms with van der Waals surface area (Å²) < 4.78 is 5.05. The van der Waals surface area contributed by atoms with Crippen molar-refractivity contribution < 1.29 is 19.1 Å². The summed E-state index contributed by atoms with van der Waals surface area (Å²) in [5.41, 5.74) is 0.0972. The van der Waals surface area contributed by atoms with E-state index in [0.717, 1.165) is 6.26 Å². The SMILES string of the molecule is C[C@@H]1Cc2occ(C(=O)O)c2C(=O)N1. The monoisotopic (exact) mass is 195 g/mol. The van der Waals surface area contributed by atoms with Crippen LogP contribution in [0.15, 0.2) is 10.7 Å². The van der Waals surface area contributed by atoms with Crippen LogP contribution in [0.4, 0.5) is 0 Å². The van der Waals surface area contributed by atoms with Crippen LogP contribution in [0.5, 0.6) is 0 Å². The van der Waals surface area contributed by atoms with Gasteiger partial charge in [-0.2, -0.15) is 0 Å². The van der Waals surface area contributed by atoms with E-state index in [2.05, 4.69) is 5.32 Å². The van der Waals surface area contributed by atoms with E-state index in [-0.39, 0.29) is 23.1 Å².